The van der Waals surface area contributed by atoms with Gasteiger partial charge in [0.05, 0.1) is 0 Å². The second-order valence-electron chi connectivity index (χ2n) is 8.86. The van der Waals surface area contributed by atoms with E-state index in [-0.39, 0.29) is 22.7 Å². The molecular formula is C16H35N8+. The molecule has 0 saturated heterocycles. The van der Waals surface area contributed by atoms with Crippen LogP contribution < -0.4 is 11.5 Å². The first-order valence-electron chi connectivity index (χ1n) is 8.04. The zero-order valence-corrected chi connectivity index (χ0v) is 16.7. The van der Waals surface area contributed by atoms with Crippen molar-refractivity contribution >= 4 is 11.7 Å². The molecule has 8 heteroatoms. The van der Waals surface area contributed by atoms with Crippen molar-refractivity contribution in [3.05, 3.63) is 0 Å². The molecule has 6 N–H and O–H groups in total. The molecule has 0 saturated carbocycles. The normalized spacial score (nSPS) is 17.0. The van der Waals surface area contributed by atoms with Crippen LogP contribution in [0.2, 0.25) is 0 Å². The summed E-state index contributed by atoms with van der Waals surface area (Å²) in [6.45, 7) is 17.6. The van der Waals surface area contributed by atoms with Gasteiger partial charge in [0.1, 0.15) is 22.7 Å². The Morgan fingerprint density at radius 2 is 1.29 bits per heavy atom. The summed E-state index contributed by atoms with van der Waals surface area (Å²) in [5.41, 5.74) is 8.81. The quantitative estimate of drug-likeness (QED) is 0.256. The van der Waals surface area contributed by atoms with Crippen LogP contribution in [0.3, 0.4) is 0 Å². The number of nitrogens with two attached hydrogens (primary N) is 2. The summed E-state index contributed by atoms with van der Waals surface area (Å²) in [4.78, 5) is 0. The number of nitrogens with one attached hydrogen (secondary N) is 2. The molecule has 0 heterocycles. The molecule has 0 radical (unpaired) electrons. The van der Waals surface area contributed by atoms with Crippen LogP contribution in [0, 0.1) is 10.8 Å². The van der Waals surface area contributed by atoms with Crippen molar-refractivity contribution in [1.29, 1.82) is 10.8 Å². The Kier molecular flexibility index (Phi) is 6.41. The molecule has 0 aliphatic carbocycles. The molecule has 0 aliphatic rings. The summed E-state index contributed by atoms with van der Waals surface area (Å²) in [5.74, 6) is -0.201. The van der Waals surface area contributed by atoms with Crippen LogP contribution in [0.25, 0.3) is 0 Å². The number of hydrogen-bond donors (Lipinski definition) is 4. The van der Waals surface area contributed by atoms with Crippen molar-refractivity contribution in [2.45, 2.75) is 84.5 Å². The Labute approximate surface area is 145 Å². The molecule has 0 rings (SSSR count). The summed E-state index contributed by atoms with van der Waals surface area (Å²) in [6.07, 6.45) is 0. The van der Waals surface area contributed by atoms with E-state index in [9.17, 15) is 0 Å². The summed E-state index contributed by atoms with van der Waals surface area (Å²) in [5, 5.41) is 28.7. The molecular weight excluding hydrogens is 304 g/mol. The molecule has 0 fully saturated rings. The molecule has 8 nitrogen and oxygen atoms in total. The summed E-state index contributed by atoms with van der Waals surface area (Å²) >= 11 is 0. The van der Waals surface area contributed by atoms with E-state index in [1.165, 1.54) is 0 Å². The average Bonchev–Trinajstić information content (AvgIpc) is 2.32. The van der Waals surface area contributed by atoms with Crippen molar-refractivity contribution < 1.29 is 4.70 Å². The van der Waals surface area contributed by atoms with Gasteiger partial charge >= 0.3 is 0 Å². The maximum absolute atomic E-state index is 7.96. The molecule has 0 spiro atoms. The molecule has 138 valence electrons. The maximum Gasteiger partial charge on any atom is 0.202 e. The van der Waals surface area contributed by atoms with Crippen molar-refractivity contribution in [2.75, 3.05) is 6.54 Å². The number of azo groups is 3. The Balaban J connectivity index is 5.91. The van der Waals surface area contributed by atoms with Crippen molar-refractivity contribution in [3.8, 4) is 0 Å². The summed E-state index contributed by atoms with van der Waals surface area (Å²) < 4.78 is 1.90. The molecule has 0 amide bonds. The lowest BCUT2D eigenvalue weighted by atomic mass is 9.99. The molecule has 0 aromatic carbocycles. The van der Waals surface area contributed by atoms with Gasteiger partial charge in [0.2, 0.25) is 6.54 Å². The molecule has 1 unspecified atom stereocenters. The maximum atomic E-state index is 7.96. The minimum Gasteiger partial charge on any atom is -0.386 e. The molecule has 1 atom stereocenters. The van der Waals surface area contributed by atoms with Gasteiger partial charge in [-0.2, -0.15) is 10.2 Å². The first-order chi connectivity index (χ1) is 10.4. The molecule has 0 aromatic rings. The first kappa shape index (κ1) is 22.1. The SMILES string of the molecule is CC(C)(C)N=[N+](CC(C)(N=NC(C)(C)C(=N)N)C(=N)N)C(C)(C)C. The topological polar surface area (TPSA) is 140 Å². The zero-order chi connectivity index (χ0) is 19.6. The van der Waals surface area contributed by atoms with Gasteiger partial charge in [-0.1, -0.05) is 0 Å². The number of hydrogen-bond acceptors (Lipinski definition) is 5. The third-order valence-corrected chi connectivity index (χ3v) is 3.41. The van der Waals surface area contributed by atoms with Gasteiger partial charge in [-0.05, 0) is 46.7 Å². The van der Waals surface area contributed by atoms with Gasteiger partial charge in [-0.3, -0.25) is 10.8 Å². The fourth-order valence-corrected chi connectivity index (χ4v) is 1.54. The van der Waals surface area contributed by atoms with Gasteiger partial charge in [-0.25, -0.2) is 0 Å². The lowest BCUT2D eigenvalue weighted by molar-refractivity contribution is -0.664. The molecule has 0 bridgehead atoms. The highest BCUT2D eigenvalue weighted by atomic mass is 15.4. The largest absolute Gasteiger partial charge is 0.386 e. The minimum absolute atomic E-state index is 0.0933. The van der Waals surface area contributed by atoms with Crippen LogP contribution in [0.4, 0.5) is 0 Å². The second-order valence-corrected chi connectivity index (χ2v) is 8.86. The highest BCUT2D eigenvalue weighted by Crippen LogP contribution is 2.22. The van der Waals surface area contributed by atoms with Gasteiger partial charge in [0, 0.05) is 20.8 Å². The van der Waals surface area contributed by atoms with Gasteiger partial charge in [0.15, 0.2) is 11.1 Å². The van der Waals surface area contributed by atoms with Crippen LogP contribution in [-0.4, -0.2) is 45.1 Å². The third-order valence-electron chi connectivity index (χ3n) is 3.41. The van der Waals surface area contributed by atoms with E-state index in [1.54, 1.807) is 20.8 Å². The second kappa shape index (κ2) is 6.94. The molecule has 0 aromatic heterocycles. The first-order valence-corrected chi connectivity index (χ1v) is 8.04. The highest BCUT2D eigenvalue weighted by molar-refractivity contribution is 5.88. The summed E-state index contributed by atoms with van der Waals surface area (Å²) in [7, 11) is 0. The summed E-state index contributed by atoms with van der Waals surface area (Å²) in [6, 6.07) is 0. The van der Waals surface area contributed by atoms with E-state index in [1.807, 2.05) is 46.2 Å². The van der Waals surface area contributed by atoms with E-state index in [2.05, 4.69) is 10.2 Å². The van der Waals surface area contributed by atoms with E-state index in [4.69, 9.17) is 27.4 Å². The molecule has 24 heavy (non-hydrogen) atoms. The third kappa shape index (κ3) is 6.72. The minimum atomic E-state index is -1.06. The predicted molar refractivity (Wildman–Crippen MR) is 98.2 cm³/mol. The average molecular weight is 340 g/mol. The van der Waals surface area contributed by atoms with Crippen molar-refractivity contribution in [2.24, 2.45) is 26.8 Å². The Bertz CT molecular complexity index is 545. The zero-order valence-electron chi connectivity index (χ0n) is 16.7. The van der Waals surface area contributed by atoms with E-state index in [0.29, 0.717) is 6.54 Å². The number of nitrogens with zero attached hydrogens (tertiary/aromatic N) is 4. The standard InChI is InChI=1S/C16H35N8/c1-13(2,3)23-24(14(4,5)6)10-16(9,12(19)20)22-21-15(7,8)11(17)18/h10H2,1-9H3,(H3,17,18)(H3,19,20)/q+1. The van der Waals surface area contributed by atoms with Crippen LogP contribution >= 0.6 is 0 Å². The van der Waals surface area contributed by atoms with Crippen molar-refractivity contribution in [1.82, 2.24) is 0 Å². The monoisotopic (exact) mass is 339 g/mol. The number of rotatable bonds is 6. The lowest BCUT2D eigenvalue weighted by Crippen LogP contribution is -2.50. The van der Waals surface area contributed by atoms with Gasteiger partial charge in [-0.15, -0.1) is 4.70 Å². The molecule has 0 aliphatic heterocycles. The fourth-order valence-electron chi connectivity index (χ4n) is 1.54. The number of amidine groups is 2. The Hall–Kier alpha value is -1.86. The van der Waals surface area contributed by atoms with Crippen LogP contribution in [0.5, 0.6) is 0 Å². The highest BCUT2D eigenvalue weighted by Gasteiger charge is 2.41. The lowest BCUT2D eigenvalue weighted by Gasteiger charge is -2.27. The predicted octanol–water partition coefficient (Wildman–Crippen LogP) is 2.91. The van der Waals surface area contributed by atoms with E-state index in [0.717, 1.165) is 0 Å². The van der Waals surface area contributed by atoms with E-state index < -0.39 is 11.1 Å². The van der Waals surface area contributed by atoms with Crippen LogP contribution in [-0.2, 0) is 0 Å². The van der Waals surface area contributed by atoms with E-state index >= 15 is 0 Å². The van der Waals surface area contributed by atoms with Crippen LogP contribution in [0.15, 0.2) is 15.3 Å². The Morgan fingerprint density at radius 3 is 1.58 bits per heavy atom. The van der Waals surface area contributed by atoms with Gasteiger partial charge in [0.25, 0.3) is 0 Å². The fraction of sp³-hybridized carbons (Fsp3) is 0.875. The van der Waals surface area contributed by atoms with Crippen molar-refractivity contribution in [3.63, 3.8) is 0 Å². The van der Waals surface area contributed by atoms with Crippen LogP contribution in [0.1, 0.15) is 62.3 Å². The Morgan fingerprint density at radius 1 is 0.833 bits per heavy atom. The van der Waals surface area contributed by atoms with Gasteiger partial charge < -0.3 is 11.5 Å². The smallest absolute Gasteiger partial charge is 0.202 e.